The second kappa shape index (κ2) is 8.22. The first kappa shape index (κ1) is 18.9. The highest BCUT2D eigenvalue weighted by Gasteiger charge is 2.37. The lowest BCUT2D eigenvalue weighted by atomic mass is 10.1. The monoisotopic (exact) mass is 363 g/mol. The Morgan fingerprint density at radius 2 is 1.88 bits per heavy atom. The zero-order valence-electron chi connectivity index (χ0n) is 14.6. The van der Waals surface area contributed by atoms with Gasteiger partial charge < -0.3 is 9.64 Å². The largest absolute Gasteiger partial charge is 0.401 e. The van der Waals surface area contributed by atoms with Crippen LogP contribution in [0.4, 0.5) is 13.2 Å². The lowest BCUT2D eigenvalue weighted by Gasteiger charge is -2.32. The molecule has 3 aliphatic heterocycles. The fourth-order valence-corrected chi connectivity index (χ4v) is 4.14. The first-order valence-corrected chi connectivity index (χ1v) is 9.33. The first-order valence-electron chi connectivity index (χ1n) is 9.33. The van der Waals surface area contributed by atoms with Crippen molar-refractivity contribution in [2.75, 3.05) is 52.4 Å². The number of alkyl halides is 3. The van der Waals surface area contributed by atoms with Gasteiger partial charge in [-0.2, -0.15) is 13.2 Å². The zero-order valence-corrected chi connectivity index (χ0v) is 14.6. The molecule has 0 unspecified atom stereocenters. The van der Waals surface area contributed by atoms with Crippen molar-refractivity contribution in [2.24, 2.45) is 0 Å². The smallest absolute Gasteiger partial charge is 0.377 e. The molecule has 144 valence electrons. The van der Waals surface area contributed by atoms with Gasteiger partial charge in [-0.05, 0) is 32.1 Å². The summed E-state index contributed by atoms with van der Waals surface area (Å²) in [5.41, 5.74) is 0. The first-order chi connectivity index (χ1) is 11.9. The lowest BCUT2D eigenvalue weighted by molar-refractivity contribution is -0.144. The van der Waals surface area contributed by atoms with Gasteiger partial charge in [-0.3, -0.25) is 14.6 Å². The number of halogens is 3. The lowest BCUT2D eigenvalue weighted by Crippen LogP contribution is -2.48. The summed E-state index contributed by atoms with van der Waals surface area (Å²) in [6.07, 6.45) is 0.677. The maximum atomic E-state index is 12.6. The number of ether oxygens (including phenoxy) is 1. The Morgan fingerprint density at radius 1 is 1.12 bits per heavy atom. The average molecular weight is 363 g/mol. The number of nitrogens with zero attached hydrogens (tertiary/aromatic N) is 3. The van der Waals surface area contributed by atoms with Crippen molar-refractivity contribution < 1.29 is 22.7 Å². The number of hydrogen-bond donors (Lipinski definition) is 0. The van der Waals surface area contributed by atoms with Crippen LogP contribution in [-0.2, 0) is 9.53 Å². The van der Waals surface area contributed by atoms with Crippen LogP contribution in [0.3, 0.4) is 0 Å². The number of rotatable bonds is 6. The van der Waals surface area contributed by atoms with Gasteiger partial charge in [-0.25, -0.2) is 0 Å². The molecule has 2 atom stereocenters. The number of carbonyl (C=O) groups excluding carboxylic acids is 1. The van der Waals surface area contributed by atoms with E-state index < -0.39 is 12.7 Å². The molecule has 25 heavy (non-hydrogen) atoms. The van der Waals surface area contributed by atoms with Gasteiger partial charge in [0.2, 0.25) is 5.91 Å². The Balaban J connectivity index is 1.58. The van der Waals surface area contributed by atoms with Crippen LogP contribution >= 0.6 is 0 Å². The molecule has 0 aromatic rings. The third-order valence-electron chi connectivity index (χ3n) is 5.43. The third-order valence-corrected chi connectivity index (χ3v) is 5.43. The molecule has 3 heterocycles. The number of amides is 1. The fourth-order valence-electron chi connectivity index (χ4n) is 4.14. The van der Waals surface area contributed by atoms with Gasteiger partial charge in [0.1, 0.15) is 0 Å². The normalized spacial score (nSPS) is 28.4. The standard InChI is InChI=1S/C17H28F3N3O2/c18-17(19,20)13-21-8-5-14(10-21)23(11-15-4-3-9-25-15)12-16(24)22-6-1-2-7-22/h14-15H,1-13H2/t14-,15+/m1/s1. The molecule has 1 amide bonds. The minimum Gasteiger partial charge on any atom is -0.377 e. The van der Waals surface area contributed by atoms with E-state index in [4.69, 9.17) is 4.74 Å². The van der Waals surface area contributed by atoms with Crippen LogP contribution in [0.5, 0.6) is 0 Å². The Hall–Kier alpha value is -0.860. The van der Waals surface area contributed by atoms with E-state index in [9.17, 15) is 18.0 Å². The van der Waals surface area contributed by atoms with E-state index in [1.165, 1.54) is 4.90 Å². The third kappa shape index (κ3) is 5.56. The second-order valence-corrected chi connectivity index (χ2v) is 7.45. The van der Waals surface area contributed by atoms with Gasteiger partial charge >= 0.3 is 6.18 Å². The Labute approximate surface area is 147 Å². The molecular weight excluding hydrogens is 335 g/mol. The summed E-state index contributed by atoms with van der Waals surface area (Å²) in [5, 5.41) is 0. The summed E-state index contributed by atoms with van der Waals surface area (Å²) in [6, 6.07) is -0.00176. The molecule has 0 aromatic carbocycles. The van der Waals surface area contributed by atoms with Gasteiger partial charge in [-0.15, -0.1) is 0 Å². The van der Waals surface area contributed by atoms with Crippen LogP contribution < -0.4 is 0 Å². The predicted octanol–water partition coefficient (Wildman–Crippen LogP) is 1.73. The summed E-state index contributed by atoms with van der Waals surface area (Å²) in [4.78, 5) is 18.0. The number of hydrogen-bond acceptors (Lipinski definition) is 4. The Morgan fingerprint density at radius 3 is 2.52 bits per heavy atom. The average Bonchev–Trinajstić information content (AvgIpc) is 3.27. The highest BCUT2D eigenvalue weighted by Crippen LogP contribution is 2.24. The van der Waals surface area contributed by atoms with Gasteiger partial charge in [0.05, 0.1) is 19.2 Å². The number of carbonyl (C=O) groups is 1. The fraction of sp³-hybridized carbons (Fsp3) is 0.941. The van der Waals surface area contributed by atoms with Crippen LogP contribution in [0.15, 0.2) is 0 Å². The summed E-state index contributed by atoms with van der Waals surface area (Å²) in [5.74, 6) is 0.102. The molecule has 0 aromatic heterocycles. The van der Waals surface area contributed by atoms with E-state index in [-0.39, 0.29) is 18.1 Å². The van der Waals surface area contributed by atoms with Crippen molar-refractivity contribution >= 4 is 5.91 Å². The quantitative estimate of drug-likeness (QED) is 0.720. The van der Waals surface area contributed by atoms with E-state index in [1.807, 2.05) is 4.90 Å². The predicted molar refractivity (Wildman–Crippen MR) is 87.3 cm³/mol. The van der Waals surface area contributed by atoms with E-state index in [0.29, 0.717) is 32.6 Å². The molecule has 0 bridgehead atoms. The maximum Gasteiger partial charge on any atom is 0.401 e. The van der Waals surface area contributed by atoms with Crippen molar-refractivity contribution in [3.8, 4) is 0 Å². The van der Waals surface area contributed by atoms with Crippen LogP contribution in [0.1, 0.15) is 32.1 Å². The van der Waals surface area contributed by atoms with E-state index >= 15 is 0 Å². The van der Waals surface area contributed by atoms with Crippen LogP contribution in [0.2, 0.25) is 0 Å². The van der Waals surface area contributed by atoms with Crippen LogP contribution in [-0.4, -0.2) is 91.3 Å². The topological polar surface area (TPSA) is 36.0 Å². The van der Waals surface area contributed by atoms with E-state index in [2.05, 4.69) is 4.90 Å². The minimum absolute atomic E-state index is 0.00176. The molecule has 0 saturated carbocycles. The maximum absolute atomic E-state index is 12.6. The van der Waals surface area contributed by atoms with Crippen molar-refractivity contribution in [1.82, 2.24) is 14.7 Å². The molecule has 0 spiro atoms. The molecule has 3 saturated heterocycles. The molecule has 5 nitrogen and oxygen atoms in total. The van der Waals surface area contributed by atoms with Gasteiger partial charge in [0.15, 0.2) is 0 Å². The van der Waals surface area contributed by atoms with Crippen molar-refractivity contribution in [3.05, 3.63) is 0 Å². The van der Waals surface area contributed by atoms with Crippen LogP contribution in [0.25, 0.3) is 0 Å². The molecule has 3 aliphatic rings. The molecule has 0 aliphatic carbocycles. The Bertz CT molecular complexity index is 449. The molecular formula is C17H28F3N3O2. The SMILES string of the molecule is O=C(CN(C[C@@H]1CCCO1)[C@@H]1CCN(CC(F)(F)F)C1)N1CCCC1. The molecule has 8 heteroatoms. The summed E-state index contributed by atoms with van der Waals surface area (Å²) in [6.45, 7) is 3.23. The van der Waals surface area contributed by atoms with Crippen molar-refractivity contribution in [1.29, 1.82) is 0 Å². The van der Waals surface area contributed by atoms with E-state index in [0.717, 1.165) is 45.4 Å². The molecule has 0 radical (unpaired) electrons. The molecule has 3 rings (SSSR count). The number of likely N-dealkylation sites (tertiary alicyclic amines) is 2. The minimum atomic E-state index is -4.17. The van der Waals surface area contributed by atoms with Gasteiger partial charge in [-0.1, -0.05) is 0 Å². The van der Waals surface area contributed by atoms with E-state index in [1.54, 1.807) is 0 Å². The van der Waals surface area contributed by atoms with Crippen molar-refractivity contribution in [3.63, 3.8) is 0 Å². The summed E-state index contributed by atoms with van der Waals surface area (Å²) < 4.78 is 43.6. The van der Waals surface area contributed by atoms with Crippen LogP contribution in [0, 0.1) is 0 Å². The molecule has 3 fully saturated rings. The highest BCUT2D eigenvalue weighted by molar-refractivity contribution is 5.78. The summed E-state index contributed by atoms with van der Waals surface area (Å²) >= 11 is 0. The van der Waals surface area contributed by atoms with Crippen molar-refractivity contribution in [2.45, 2.75) is 50.4 Å². The summed E-state index contributed by atoms with van der Waals surface area (Å²) in [7, 11) is 0. The second-order valence-electron chi connectivity index (χ2n) is 7.45. The Kier molecular flexibility index (Phi) is 6.22. The van der Waals surface area contributed by atoms with Gasteiger partial charge in [0, 0.05) is 45.4 Å². The highest BCUT2D eigenvalue weighted by atomic mass is 19.4. The molecule has 0 N–H and O–H groups in total. The van der Waals surface area contributed by atoms with Gasteiger partial charge in [0.25, 0.3) is 0 Å². The zero-order chi connectivity index (χ0) is 17.9.